The van der Waals surface area contributed by atoms with Crippen molar-refractivity contribution < 1.29 is 8.42 Å². The van der Waals surface area contributed by atoms with E-state index in [1.54, 1.807) is 43.6 Å². The van der Waals surface area contributed by atoms with E-state index >= 15 is 0 Å². The molecule has 1 aromatic carbocycles. The summed E-state index contributed by atoms with van der Waals surface area (Å²) in [7, 11) is -3.38. The number of hydrogen-bond acceptors (Lipinski definition) is 4. The van der Waals surface area contributed by atoms with Crippen molar-refractivity contribution in [3.63, 3.8) is 0 Å². The predicted octanol–water partition coefficient (Wildman–Crippen LogP) is 2.03. The Morgan fingerprint density at radius 3 is 2.33 bits per heavy atom. The first-order chi connectivity index (χ1) is 10.1. The second kappa shape index (κ2) is 7.19. The second-order valence-corrected chi connectivity index (χ2v) is 6.32. The molecule has 21 heavy (non-hydrogen) atoms. The monoisotopic (exact) mass is 305 g/mol. The van der Waals surface area contributed by atoms with Crippen molar-refractivity contribution in [2.24, 2.45) is 0 Å². The van der Waals surface area contributed by atoms with Crippen LogP contribution in [-0.2, 0) is 16.4 Å². The molecule has 0 unspecified atom stereocenters. The van der Waals surface area contributed by atoms with E-state index in [4.69, 9.17) is 0 Å². The number of benzene rings is 1. The number of aromatic nitrogens is 1. The average molecular weight is 305 g/mol. The van der Waals surface area contributed by atoms with Crippen LogP contribution in [0.5, 0.6) is 0 Å². The largest absolute Gasteiger partial charge is 0.385 e. The lowest BCUT2D eigenvalue weighted by atomic mass is 10.2. The molecule has 2 rings (SSSR count). The maximum absolute atomic E-state index is 11.8. The summed E-state index contributed by atoms with van der Waals surface area (Å²) in [6.45, 7) is 2.92. The van der Waals surface area contributed by atoms with Crippen LogP contribution in [0.2, 0.25) is 0 Å². The van der Waals surface area contributed by atoms with E-state index in [2.05, 4.69) is 15.0 Å². The van der Waals surface area contributed by atoms with Crippen molar-refractivity contribution in [3.8, 4) is 0 Å². The van der Waals surface area contributed by atoms with Crippen molar-refractivity contribution in [2.75, 3.05) is 18.4 Å². The summed E-state index contributed by atoms with van der Waals surface area (Å²) in [5, 5.41) is 3.27. The van der Waals surface area contributed by atoms with Crippen LogP contribution in [0.25, 0.3) is 0 Å². The van der Waals surface area contributed by atoms with Gasteiger partial charge in [0.2, 0.25) is 10.0 Å². The van der Waals surface area contributed by atoms with Gasteiger partial charge in [-0.15, -0.1) is 0 Å². The third kappa shape index (κ3) is 4.54. The van der Waals surface area contributed by atoms with Gasteiger partial charge in [0.1, 0.15) is 0 Å². The molecule has 1 aromatic heterocycles. The molecule has 2 aromatic rings. The average Bonchev–Trinajstić information content (AvgIpc) is 2.49. The number of nitrogens with one attached hydrogen (secondary N) is 2. The first kappa shape index (κ1) is 15.5. The fourth-order valence-electron chi connectivity index (χ4n) is 1.93. The van der Waals surface area contributed by atoms with Gasteiger partial charge in [0, 0.05) is 31.2 Å². The highest BCUT2D eigenvalue weighted by Gasteiger charge is 2.11. The molecule has 0 spiro atoms. The Morgan fingerprint density at radius 2 is 1.71 bits per heavy atom. The number of nitrogens with zero attached hydrogens (tertiary/aromatic N) is 1. The van der Waals surface area contributed by atoms with Crippen LogP contribution in [0.3, 0.4) is 0 Å². The van der Waals surface area contributed by atoms with Crippen molar-refractivity contribution in [1.82, 2.24) is 9.71 Å². The summed E-state index contributed by atoms with van der Waals surface area (Å²) in [5.41, 5.74) is 2.11. The molecule has 0 saturated carbocycles. The molecule has 0 bridgehead atoms. The summed E-state index contributed by atoms with van der Waals surface area (Å²) in [6, 6.07) is 10.7. The Bertz CT molecular complexity index is 655. The standard InChI is InChI=1S/C15H19N3O2S/c1-2-18-21(19,20)15-5-3-14(4-6-15)17-12-9-13-7-10-16-11-8-13/h3-8,10-11,17-18H,2,9,12H2,1H3. The maximum Gasteiger partial charge on any atom is 0.240 e. The quantitative estimate of drug-likeness (QED) is 0.821. The van der Waals surface area contributed by atoms with Crippen LogP contribution in [-0.4, -0.2) is 26.5 Å². The van der Waals surface area contributed by atoms with Gasteiger partial charge in [0.15, 0.2) is 0 Å². The van der Waals surface area contributed by atoms with Crippen molar-refractivity contribution >= 4 is 15.7 Å². The van der Waals surface area contributed by atoms with Gasteiger partial charge >= 0.3 is 0 Å². The third-order valence-electron chi connectivity index (χ3n) is 2.99. The number of pyridine rings is 1. The normalized spacial score (nSPS) is 11.3. The number of hydrogen-bond donors (Lipinski definition) is 2. The van der Waals surface area contributed by atoms with E-state index in [0.717, 1.165) is 18.7 Å². The van der Waals surface area contributed by atoms with Gasteiger partial charge in [0.05, 0.1) is 4.90 Å². The lowest BCUT2D eigenvalue weighted by Gasteiger charge is -2.08. The first-order valence-corrected chi connectivity index (χ1v) is 8.32. The highest BCUT2D eigenvalue weighted by atomic mass is 32.2. The summed E-state index contributed by atoms with van der Waals surface area (Å²) in [4.78, 5) is 4.26. The predicted molar refractivity (Wildman–Crippen MR) is 83.7 cm³/mol. The summed E-state index contributed by atoms with van der Waals surface area (Å²) >= 11 is 0. The Labute approximate surface area is 125 Å². The van der Waals surface area contributed by atoms with Gasteiger partial charge in [-0.2, -0.15) is 0 Å². The number of sulfonamides is 1. The van der Waals surface area contributed by atoms with Crippen LogP contribution >= 0.6 is 0 Å². The highest BCUT2D eigenvalue weighted by Crippen LogP contribution is 2.14. The topological polar surface area (TPSA) is 71.1 Å². The van der Waals surface area contributed by atoms with Gasteiger partial charge in [-0.3, -0.25) is 4.98 Å². The van der Waals surface area contributed by atoms with Crippen LogP contribution in [0.4, 0.5) is 5.69 Å². The Kier molecular flexibility index (Phi) is 5.30. The molecule has 0 saturated heterocycles. The van der Waals surface area contributed by atoms with E-state index in [9.17, 15) is 8.42 Å². The van der Waals surface area contributed by atoms with Gasteiger partial charge in [-0.05, 0) is 48.4 Å². The van der Waals surface area contributed by atoms with E-state index < -0.39 is 10.0 Å². The Hall–Kier alpha value is -1.92. The fourth-order valence-corrected chi connectivity index (χ4v) is 2.97. The lowest BCUT2D eigenvalue weighted by molar-refractivity contribution is 0.584. The lowest BCUT2D eigenvalue weighted by Crippen LogP contribution is -2.23. The number of anilines is 1. The van der Waals surface area contributed by atoms with Crippen molar-refractivity contribution in [2.45, 2.75) is 18.2 Å². The van der Waals surface area contributed by atoms with Crippen molar-refractivity contribution in [1.29, 1.82) is 0 Å². The number of rotatable bonds is 7. The molecule has 6 heteroatoms. The van der Waals surface area contributed by atoms with Gasteiger partial charge in [0.25, 0.3) is 0 Å². The third-order valence-corrected chi connectivity index (χ3v) is 4.55. The molecule has 0 fully saturated rings. The molecular formula is C15H19N3O2S. The molecule has 0 atom stereocenters. The molecule has 0 radical (unpaired) electrons. The molecule has 5 nitrogen and oxygen atoms in total. The van der Waals surface area contributed by atoms with Crippen LogP contribution in [0, 0.1) is 0 Å². The van der Waals surface area contributed by atoms with E-state index in [0.29, 0.717) is 6.54 Å². The summed E-state index contributed by atoms with van der Waals surface area (Å²) < 4.78 is 26.1. The molecule has 0 aliphatic rings. The van der Waals surface area contributed by atoms with E-state index in [1.807, 2.05) is 12.1 Å². The fraction of sp³-hybridized carbons (Fsp3) is 0.267. The Balaban J connectivity index is 1.91. The molecular weight excluding hydrogens is 286 g/mol. The smallest absolute Gasteiger partial charge is 0.240 e. The summed E-state index contributed by atoms with van der Waals surface area (Å²) in [5.74, 6) is 0. The van der Waals surface area contributed by atoms with Crippen LogP contribution in [0.1, 0.15) is 12.5 Å². The summed E-state index contributed by atoms with van der Waals surface area (Å²) in [6.07, 6.45) is 4.44. The minimum absolute atomic E-state index is 0.282. The van der Waals surface area contributed by atoms with Gasteiger partial charge < -0.3 is 5.32 Å². The zero-order chi connectivity index (χ0) is 15.1. The SMILES string of the molecule is CCNS(=O)(=O)c1ccc(NCCc2ccncc2)cc1. The minimum atomic E-state index is -3.38. The van der Waals surface area contributed by atoms with E-state index in [-0.39, 0.29) is 4.90 Å². The van der Waals surface area contributed by atoms with Gasteiger partial charge in [-0.25, -0.2) is 13.1 Å². The second-order valence-electron chi connectivity index (χ2n) is 4.56. The molecule has 0 amide bonds. The molecule has 1 heterocycles. The molecule has 112 valence electrons. The van der Waals surface area contributed by atoms with Crippen molar-refractivity contribution in [3.05, 3.63) is 54.4 Å². The zero-order valence-electron chi connectivity index (χ0n) is 11.9. The first-order valence-electron chi connectivity index (χ1n) is 6.84. The maximum atomic E-state index is 11.8. The van der Waals surface area contributed by atoms with Crippen LogP contribution in [0.15, 0.2) is 53.7 Å². The molecule has 0 aliphatic heterocycles. The molecule has 2 N–H and O–H groups in total. The Morgan fingerprint density at radius 1 is 1.05 bits per heavy atom. The minimum Gasteiger partial charge on any atom is -0.385 e. The van der Waals surface area contributed by atoms with Gasteiger partial charge in [-0.1, -0.05) is 6.92 Å². The molecule has 0 aliphatic carbocycles. The zero-order valence-corrected chi connectivity index (χ0v) is 12.7. The van der Waals surface area contributed by atoms with E-state index in [1.165, 1.54) is 5.56 Å². The van der Waals surface area contributed by atoms with Crippen LogP contribution < -0.4 is 10.0 Å². The highest BCUT2D eigenvalue weighted by molar-refractivity contribution is 7.89.